The van der Waals surface area contributed by atoms with E-state index in [4.69, 9.17) is 16.6 Å². The fourth-order valence-electron chi connectivity index (χ4n) is 3.16. The van der Waals surface area contributed by atoms with Crippen molar-refractivity contribution in [2.45, 2.75) is 12.8 Å². The number of hydrogen-bond acceptors (Lipinski definition) is 1. The summed E-state index contributed by atoms with van der Waals surface area (Å²) >= 11 is 6.26. The van der Waals surface area contributed by atoms with E-state index in [2.05, 4.69) is 60.7 Å². The third-order valence-electron chi connectivity index (χ3n) is 4.47. The van der Waals surface area contributed by atoms with Gasteiger partial charge < -0.3 is 0 Å². The van der Waals surface area contributed by atoms with Gasteiger partial charge in [-0.3, -0.25) is 0 Å². The van der Waals surface area contributed by atoms with Gasteiger partial charge in [0, 0.05) is 16.0 Å². The van der Waals surface area contributed by atoms with Gasteiger partial charge in [-0.25, -0.2) is 4.98 Å². The molecule has 1 aromatic heterocycles. The van der Waals surface area contributed by atoms with Gasteiger partial charge in [-0.2, -0.15) is 0 Å². The molecule has 0 amide bonds. The van der Waals surface area contributed by atoms with E-state index in [1.807, 2.05) is 24.3 Å². The van der Waals surface area contributed by atoms with Gasteiger partial charge in [0.15, 0.2) is 0 Å². The zero-order chi connectivity index (χ0) is 17.1. The summed E-state index contributed by atoms with van der Waals surface area (Å²) in [5.41, 5.74) is 5.74. The summed E-state index contributed by atoms with van der Waals surface area (Å²) in [6.45, 7) is 0. The molecule has 0 bridgehead atoms. The largest absolute Gasteiger partial charge is 0.248 e. The van der Waals surface area contributed by atoms with E-state index in [9.17, 15) is 0 Å². The fourth-order valence-corrected chi connectivity index (χ4v) is 3.35. The van der Waals surface area contributed by atoms with Crippen LogP contribution in [0.1, 0.15) is 11.1 Å². The molecular weight excluding hydrogens is 326 g/mol. The fraction of sp³-hybridized carbons (Fsp3) is 0.0870. The van der Waals surface area contributed by atoms with Gasteiger partial charge in [0.1, 0.15) is 0 Å². The second kappa shape index (κ2) is 7.08. The smallest absolute Gasteiger partial charge is 0.0712 e. The number of benzene rings is 3. The molecule has 0 saturated carbocycles. The van der Waals surface area contributed by atoms with Gasteiger partial charge in [0.05, 0.1) is 11.2 Å². The Balaban J connectivity index is 1.70. The highest BCUT2D eigenvalue weighted by atomic mass is 35.5. The van der Waals surface area contributed by atoms with Gasteiger partial charge in [-0.15, -0.1) is 0 Å². The van der Waals surface area contributed by atoms with Crippen molar-refractivity contribution >= 4 is 22.5 Å². The number of hydrogen-bond donors (Lipinski definition) is 0. The minimum absolute atomic E-state index is 0.771. The average Bonchev–Trinajstić information content (AvgIpc) is 2.67. The maximum absolute atomic E-state index is 6.26. The van der Waals surface area contributed by atoms with Crippen LogP contribution < -0.4 is 0 Å². The van der Waals surface area contributed by atoms with Gasteiger partial charge in [0.2, 0.25) is 0 Å². The first-order chi connectivity index (χ1) is 12.3. The first-order valence-electron chi connectivity index (χ1n) is 8.48. The van der Waals surface area contributed by atoms with Crippen molar-refractivity contribution in [3.8, 4) is 11.3 Å². The Hall–Kier alpha value is -2.64. The van der Waals surface area contributed by atoms with Crippen LogP contribution in [0, 0.1) is 0 Å². The maximum Gasteiger partial charge on any atom is 0.0712 e. The van der Waals surface area contributed by atoms with Crippen LogP contribution >= 0.6 is 11.6 Å². The number of aryl methyl sites for hydroxylation is 2. The summed E-state index contributed by atoms with van der Waals surface area (Å²) in [6, 6.07) is 29.1. The Morgan fingerprint density at radius 2 is 1.52 bits per heavy atom. The predicted octanol–water partition coefficient (Wildman–Crippen LogP) is 6.34. The monoisotopic (exact) mass is 343 g/mol. The number of pyridine rings is 1. The molecule has 0 spiro atoms. The third-order valence-corrected chi connectivity index (χ3v) is 4.70. The van der Waals surface area contributed by atoms with E-state index in [1.54, 1.807) is 0 Å². The molecule has 1 nitrogen and oxygen atoms in total. The number of aromatic nitrogens is 1. The lowest BCUT2D eigenvalue weighted by Gasteiger charge is -2.11. The number of para-hydroxylation sites is 1. The maximum atomic E-state index is 6.26. The van der Waals surface area contributed by atoms with Crippen LogP contribution in [0.5, 0.6) is 0 Å². The molecule has 1 heterocycles. The topological polar surface area (TPSA) is 12.9 Å². The number of fused-ring (bicyclic) bond motifs is 1. The molecule has 0 radical (unpaired) electrons. The highest BCUT2D eigenvalue weighted by Gasteiger charge is 2.09. The summed E-state index contributed by atoms with van der Waals surface area (Å²) < 4.78 is 0. The SMILES string of the molecule is Clc1ccc(-c2ccc3ccccc3n2)c(CCc2ccccc2)c1. The van der Waals surface area contributed by atoms with Gasteiger partial charge >= 0.3 is 0 Å². The lowest BCUT2D eigenvalue weighted by Crippen LogP contribution is -1.96. The summed E-state index contributed by atoms with van der Waals surface area (Å²) in [4.78, 5) is 4.85. The third kappa shape index (κ3) is 3.57. The normalized spacial score (nSPS) is 10.9. The quantitative estimate of drug-likeness (QED) is 0.421. The highest BCUT2D eigenvalue weighted by molar-refractivity contribution is 6.30. The number of nitrogens with zero attached hydrogens (tertiary/aromatic N) is 1. The van der Waals surface area contributed by atoms with Gasteiger partial charge in [-0.05, 0) is 48.2 Å². The Bertz CT molecular complexity index is 1010. The van der Waals surface area contributed by atoms with Crippen molar-refractivity contribution in [3.63, 3.8) is 0 Å². The molecule has 0 aliphatic carbocycles. The second-order valence-electron chi connectivity index (χ2n) is 6.18. The van der Waals surface area contributed by atoms with Crippen molar-refractivity contribution < 1.29 is 0 Å². The molecule has 0 aliphatic heterocycles. The van der Waals surface area contributed by atoms with E-state index >= 15 is 0 Å². The van der Waals surface area contributed by atoms with Crippen LogP contribution in [0.2, 0.25) is 5.02 Å². The Morgan fingerprint density at radius 1 is 0.720 bits per heavy atom. The lowest BCUT2D eigenvalue weighted by atomic mass is 9.97. The Labute approximate surface area is 152 Å². The van der Waals surface area contributed by atoms with Crippen LogP contribution in [0.3, 0.4) is 0 Å². The van der Waals surface area contributed by atoms with Gasteiger partial charge in [-0.1, -0.05) is 72.3 Å². The molecule has 4 rings (SSSR count). The van der Waals surface area contributed by atoms with Crippen LogP contribution in [0.25, 0.3) is 22.2 Å². The molecule has 0 fully saturated rings. The molecule has 0 N–H and O–H groups in total. The molecule has 122 valence electrons. The van der Waals surface area contributed by atoms with Crippen LogP contribution in [0.15, 0.2) is 84.9 Å². The number of rotatable bonds is 4. The molecule has 0 saturated heterocycles. The molecule has 0 aliphatic rings. The van der Waals surface area contributed by atoms with Crippen LogP contribution in [-0.4, -0.2) is 4.98 Å². The lowest BCUT2D eigenvalue weighted by molar-refractivity contribution is 0.961. The van der Waals surface area contributed by atoms with Crippen molar-refractivity contribution in [1.82, 2.24) is 4.98 Å². The Morgan fingerprint density at radius 3 is 2.40 bits per heavy atom. The zero-order valence-corrected chi connectivity index (χ0v) is 14.6. The summed E-state index contributed by atoms with van der Waals surface area (Å²) in [7, 11) is 0. The van der Waals surface area contributed by atoms with E-state index in [-0.39, 0.29) is 0 Å². The molecule has 25 heavy (non-hydrogen) atoms. The molecular formula is C23H18ClN. The van der Waals surface area contributed by atoms with Crippen molar-refractivity contribution in [1.29, 1.82) is 0 Å². The highest BCUT2D eigenvalue weighted by Crippen LogP contribution is 2.28. The second-order valence-corrected chi connectivity index (χ2v) is 6.61. The van der Waals surface area contributed by atoms with Crippen molar-refractivity contribution in [2.75, 3.05) is 0 Å². The van der Waals surface area contributed by atoms with Gasteiger partial charge in [0.25, 0.3) is 0 Å². The first kappa shape index (κ1) is 15.9. The minimum atomic E-state index is 0.771. The Kier molecular flexibility index (Phi) is 4.49. The first-order valence-corrected chi connectivity index (χ1v) is 8.86. The van der Waals surface area contributed by atoms with Crippen LogP contribution in [0.4, 0.5) is 0 Å². The van der Waals surface area contributed by atoms with Crippen LogP contribution in [-0.2, 0) is 12.8 Å². The van der Waals surface area contributed by atoms with Crippen molar-refractivity contribution in [2.24, 2.45) is 0 Å². The van der Waals surface area contributed by atoms with E-state index in [0.29, 0.717) is 0 Å². The molecule has 4 aromatic rings. The van der Waals surface area contributed by atoms with E-state index in [0.717, 1.165) is 40.0 Å². The summed E-state index contributed by atoms with van der Waals surface area (Å²) in [5.74, 6) is 0. The molecule has 0 unspecified atom stereocenters. The summed E-state index contributed by atoms with van der Waals surface area (Å²) in [5, 5.41) is 1.93. The molecule has 0 atom stereocenters. The van der Waals surface area contributed by atoms with E-state index < -0.39 is 0 Å². The zero-order valence-electron chi connectivity index (χ0n) is 13.8. The molecule has 2 heteroatoms. The minimum Gasteiger partial charge on any atom is -0.248 e. The standard InChI is InChI=1S/C23H18ClN/c24-20-13-14-21(19(16-20)11-10-17-6-2-1-3-7-17)23-15-12-18-8-4-5-9-22(18)25-23/h1-9,12-16H,10-11H2. The molecule has 3 aromatic carbocycles. The summed E-state index contributed by atoms with van der Waals surface area (Å²) in [6.07, 6.45) is 1.93. The van der Waals surface area contributed by atoms with E-state index in [1.165, 1.54) is 11.1 Å². The van der Waals surface area contributed by atoms with Crippen molar-refractivity contribution in [3.05, 3.63) is 101 Å². The predicted molar refractivity (Wildman–Crippen MR) is 106 cm³/mol. The average molecular weight is 344 g/mol. The number of halogens is 1.